The number of nitrogens with one attached hydrogen (secondary N) is 1. The Balaban J connectivity index is 2.24. The third kappa shape index (κ3) is 3.47. The number of benzene rings is 1. The molecule has 0 saturated heterocycles. The number of rotatable bonds is 3. The van der Waals surface area contributed by atoms with Crippen LogP contribution in [0.25, 0.3) is 0 Å². The minimum Gasteiger partial charge on any atom is -0.380 e. The predicted octanol–water partition coefficient (Wildman–Crippen LogP) is 3.22. The number of hydrogen-bond acceptors (Lipinski definition) is 3. The highest BCUT2D eigenvalue weighted by Crippen LogP contribution is 2.28. The van der Waals surface area contributed by atoms with Crippen LogP contribution in [0.5, 0.6) is 0 Å². The second kappa shape index (κ2) is 5.49. The zero-order chi connectivity index (χ0) is 14.0. The van der Waals surface area contributed by atoms with Gasteiger partial charge in [0.05, 0.1) is 10.6 Å². The lowest BCUT2D eigenvalue weighted by atomic mass is 9.86. The molecule has 0 heterocycles. The first kappa shape index (κ1) is 14.3. The fourth-order valence-electron chi connectivity index (χ4n) is 2.58. The van der Waals surface area contributed by atoms with Crippen LogP contribution in [-0.4, -0.2) is 20.7 Å². The van der Waals surface area contributed by atoms with Gasteiger partial charge < -0.3 is 5.32 Å². The molecule has 2 rings (SSSR count). The molecule has 1 aliphatic rings. The molecule has 19 heavy (non-hydrogen) atoms. The lowest BCUT2D eigenvalue weighted by Gasteiger charge is -2.30. The molecule has 1 fully saturated rings. The second-order valence-electron chi connectivity index (χ2n) is 5.43. The van der Waals surface area contributed by atoms with Crippen LogP contribution in [0, 0.1) is 11.7 Å². The third-order valence-corrected chi connectivity index (χ3v) is 4.93. The lowest BCUT2D eigenvalue weighted by molar-refractivity contribution is 0.348. The van der Waals surface area contributed by atoms with Crippen molar-refractivity contribution in [3.63, 3.8) is 0 Å². The van der Waals surface area contributed by atoms with Gasteiger partial charge in [-0.2, -0.15) is 0 Å². The third-order valence-electron chi connectivity index (χ3n) is 3.82. The van der Waals surface area contributed by atoms with Gasteiger partial charge in [0.25, 0.3) is 0 Å². The first-order valence-electron chi connectivity index (χ1n) is 6.64. The Morgan fingerprint density at radius 2 is 1.95 bits per heavy atom. The molecule has 2 atom stereocenters. The van der Waals surface area contributed by atoms with Crippen molar-refractivity contribution in [2.75, 3.05) is 11.6 Å². The molecule has 106 valence electrons. The summed E-state index contributed by atoms with van der Waals surface area (Å²) in [4.78, 5) is 0.153. The van der Waals surface area contributed by atoms with Gasteiger partial charge in [-0.1, -0.05) is 19.8 Å². The molecule has 1 aromatic carbocycles. The van der Waals surface area contributed by atoms with Crippen molar-refractivity contribution < 1.29 is 12.8 Å². The average molecular weight is 285 g/mol. The molecule has 0 amide bonds. The summed E-state index contributed by atoms with van der Waals surface area (Å²) in [5.74, 6) is 0.0835. The van der Waals surface area contributed by atoms with Gasteiger partial charge in [-0.3, -0.25) is 0 Å². The van der Waals surface area contributed by atoms with E-state index in [1.165, 1.54) is 24.6 Å². The minimum atomic E-state index is -3.30. The molecule has 1 saturated carbocycles. The van der Waals surface area contributed by atoms with Gasteiger partial charge in [-0.05, 0) is 37.0 Å². The fourth-order valence-corrected chi connectivity index (χ4v) is 3.22. The summed E-state index contributed by atoms with van der Waals surface area (Å²) in [6.45, 7) is 2.15. The van der Waals surface area contributed by atoms with Crippen molar-refractivity contribution in [2.45, 2.75) is 43.5 Å². The zero-order valence-corrected chi connectivity index (χ0v) is 12.1. The van der Waals surface area contributed by atoms with Gasteiger partial charge in [-0.15, -0.1) is 0 Å². The lowest BCUT2D eigenvalue weighted by Crippen LogP contribution is -2.30. The molecule has 0 radical (unpaired) electrons. The SMILES string of the molecule is CC1CCCCC1Nc1cc(S(C)(=O)=O)ccc1F. The predicted molar refractivity (Wildman–Crippen MR) is 74.6 cm³/mol. The zero-order valence-electron chi connectivity index (χ0n) is 11.3. The monoisotopic (exact) mass is 285 g/mol. The molecule has 5 heteroatoms. The highest BCUT2D eigenvalue weighted by Gasteiger charge is 2.22. The molecule has 3 nitrogen and oxygen atoms in total. The number of sulfone groups is 1. The van der Waals surface area contributed by atoms with E-state index in [1.54, 1.807) is 0 Å². The van der Waals surface area contributed by atoms with Crippen LogP contribution < -0.4 is 5.32 Å². The summed E-state index contributed by atoms with van der Waals surface area (Å²) < 4.78 is 36.8. The summed E-state index contributed by atoms with van der Waals surface area (Å²) in [7, 11) is -3.30. The number of hydrogen-bond donors (Lipinski definition) is 1. The maximum Gasteiger partial charge on any atom is 0.175 e. The highest BCUT2D eigenvalue weighted by atomic mass is 32.2. The van der Waals surface area contributed by atoms with Crippen molar-refractivity contribution in [2.24, 2.45) is 5.92 Å². The van der Waals surface area contributed by atoms with Crippen molar-refractivity contribution in [1.82, 2.24) is 0 Å². The first-order valence-corrected chi connectivity index (χ1v) is 8.53. The van der Waals surface area contributed by atoms with Crippen molar-refractivity contribution >= 4 is 15.5 Å². The summed E-state index contributed by atoms with van der Waals surface area (Å²) in [6, 6.07) is 4.14. The van der Waals surface area contributed by atoms with E-state index in [1.807, 2.05) is 0 Å². The molecular weight excluding hydrogens is 265 g/mol. The summed E-state index contributed by atoms with van der Waals surface area (Å²) in [5.41, 5.74) is 0.293. The Labute approximate surface area is 114 Å². The van der Waals surface area contributed by atoms with Crippen LogP contribution >= 0.6 is 0 Å². The van der Waals surface area contributed by atoms with Gasteiger partial charge in [0.2, 0.25) is 0 Å². The summed E-state index contributed by atoms with van der Waals surface area (Å²) in [6.07, 6.45) is 5.61. The normalized spacial score (nSPS) is 24.2. The van der Waals surface area contributed by atoms with Crippen molar-refractivity contribution in [3.8, 4) is 0 Å². The smallest absolute Gasteiger partial charge is 0.175 e. The van der Waals surface area contributed by atoms with E-state index in [0.29, 0.717) is 11.6 Å². The van der Waals surface area contributed by atoms with Gasteiger partial charge in [0.15, 0.2) is 9.84 Å². The van der Waals surface area contributed by atoms with E-state index in [2.05, 4.69) is 12.2 Å². The van der Waals surface area contributed by atoms with Crippen LogP contribution in [0.15, 0.2) is 23.1 Å². The van der Waals surface area contributed by atoms with Crippen LogP contribution in [-0.2, 0) is 9.84 Å². The summed E-state index contributed by atoms with van der Waals surface area (Å²) in [5, 5.41) is 3.17. The molecule has 0 aromatic heterocycles. The minimum absolute atomic E-state index is 0.153. The largest absolute Gasteiger partial charge is 0.380 e. The Morgan fingerprint density at radius 1 is 1.26 bits per heavy atom. The molecule has 1 aromatic rings. The maximum atomic E-state index is 13.8. The fraction of sp³-hybridized carbons (Fsp3) is 0.571. The van der Waals surface area contributed by atoms with E-state index in [4.69, 9.17) is 0 Å². The standard InChI is InChI=1S/C14H20FNO2S/c1-10-5-3-4-6-13(10)16-14-9-11(19(2,17)18)7-8-12(14)15/h7-10,13,16H,3-6H2,1-2H3. The van der Waals surface area contributed by atoms with E-state index < -0.39 is 15.7 Å². The molecule has 1 N–H and O–H groups in total. The highest BCUT2D eigenvalue weighted by molar-refractivity contribution is 7.90. The molecule has 1 aliphatic carbocycles. The Hall–Kier alpha value is -1.10. The number of anilines is 1. The molecule has 0 aliphatic heterocycles. The Bertz CT molecular complexity index is 557. The van der Waals surface area contributed by atoms with Crippen molar-refractivity contribution in [3.05, 3.63) is 24.0 Å². The first-order chi connectivity index (χ1) is 8.88. The quantitative estimate of drug-likeness (QED) is 0.867. The average Bonchev–Trinajstić information content (AvgIpc) is 2.33. The van der Waals surface area contributed by atoms with E-state index >= 15 is 0 Å². The van der Waals surface area contributed by atoms with Crippen LogP contribution in [0.2, 0.25) is 0 Å². The van der Waals surface area contributed by atoms with Crippen molar-refractivity contribution in [1.29, 1.82) is 0 Å². The molecule has 0 bridgehead atoms. The summed E-state index contributed by atoms with van der Waals surface area (Å²) >= 11 is 0. The molecule has 2 unspecified atom stereocenters. The number of halogens is 1. The Kier molecular flexibility index (Phi) is 4.13. The topological polar surface area (TPSA) is 46.2 Å². The van der Waals surface area contributed by atoms with Gasteiger partial charge in [0, 0.05) is 12.3 Å². The van der Waals surface area contributed by atoms with Crippen LogP contribution in [0.4, 0.5) is 10.1 Å². The van der Waals surface area contributed by atoms with E-state index in [9.17, 15) is 12.8 Å². The molecule has 0 spiro atoms. The van der Waals surface area contributed by atoms with Crippen LogP contribution in [0.1, 0.15) is 32.6 Å². The van der Waals surface area contributed by atoms with Gasteiger partial charge in [0.1, 0.15) is 5.82 Å². The van der Waals surface area contributed by atoms with Gasteiger partial charge >= 0.3 is 0 Å². The molecular formula is C14H20FNO2S. The van der Waals surface area contributed by atoms with Gasteiger partial charge in [-0.25, -0.2) is 12.8 Å². The van der Waals surface area contributed by atoms with E-state index in [0.717, 1.165) is 25.5 Å². The second-order valence-corrected chi connectivity index (χ2v) is 7.44. The maximum absolute atomic E-state index is 13.8. The Morgan fingerprint density at radius 3 is 2.58 bits per heavy atom. The van der Waals surface area contributed by atoms with Crippen LogP contribution in [0.3, 0.4) is 0 Å². The van der Waals surface area contributed by atoms with E-state index in [-0.39, 0.29) is 10.9 Å².